The number of carbonyl (C=O) groups is 2. The maximum Gasteiger partial charge on any atom is 0.256 e. The lowest BCUT2D eigenvalue weighted by molar-refractivity contribution is -0.128. The summed E-state index contributed by atoms with van der Waals surface area (Å²) >= 11 is 0. The van der Waals surface area contributed by atoms with Gasteiger partial charge in [-0.05, 0) is 23.8 Å². The molecule has 26 heavy (non-hydrogen) atoms. The third-order valence-electron chi connectivity index (χ3n) is 4.48. The third-order valence-corrected chi connectivity index (χ3v) is 4.48. The van der Waals surface area contributed by atoms with E-state index in [-0.39, 0.29) is 11.8 Å². The summed E-state index contributed by atoms with van der Waals surface area (Å²) < 4.78 is 15.3. The number of hydrogen-bond acceptors (Lipinski definition) is 4. The molecule has 3 heterocycles. The van der Waals surface area contributed by atoms with Gasteiger partial charge in [0.1, 0.15) is 17.4 Å². The highest BCUT2D eigenvalue weighted by atomic mass is 19.1. The van der Waals surface area contributed by atoms with Crippen molar-refractivity contribution in [2.24, 2.45) is 7.05 Å². The maximum atomic E-state index is 13.6. The van der Waals surface area contributed by atoms with Gasteiger partial charge in [0.15, 0.2) is 0 Å². The molecule has 1 unspecified atom stereocenters. The molecule has 1 N–H and O–H groups in total. The zero-order chi connectivity index (χ0) is 18.3. The highest BCUT2D eigenvalue weighted by Crippen LogP contribution is 2.26. The largest absolute Gasteiger partial charge is 0.352 e. The van der Waals surface area contributed by atoms with Gasteiger partial charge >= 0.3 is 0 Å². The summed E-state index contributed by atoms with van der Waals surface area (Å²) in [5.74, 6) is -1.11. The lowest BCUT2D eigenvalue weighted by Gasteiger charge is -2.35. The van der Waals surface area contributed by atoms with E-state index in [2.05, 4.69) is 15.4 Å². The molecule has 7 nitrogen and oxygen atoms in total. The number of rotatable bonds is 2. The molecule has 0 radical (unpaired) electrons. The number of halogens is 1. The number of piperazine rings is 1. The highest BCUT2D eigenvalue weighted by molar-refractivity contribution is 6.00. The molecule has 1 saturated heterocycles. The first-order valence-electron chi connectivity index (χ1n) is 8.16. The summed E-state index contributed by atoms with van der Waals surface area (Å²) in [4.78, 5) is 31.2. The van der Waals surface area contributed by atoms with E-state index in [9.17, 15) is 14.0 Å². The van der Waals surface area contributed by atoms with Crippen LogP contribution in [0.1, 0.15) is 22.0 Å². The molecular formula is C18H16FN5O2. The number of carbonyl (C=O) groups excluding carboxylic acids is 2. The molecule has 1 atom stereocenters. The number of nitrogens with zero attached hydrogens (tertiary/aromatic N) is 4. The second-order valence-electron chi connectivity index (χ2n) is 6.14. The Kier molecular flexibility index (Phi) is 3.87. The molecule has 1 fully saturated rings. The second kappa shape index (κ2) is 6.21. The Balaban J connectivity index is 1.73. The summed E-state index contributed by atoms with van der Waals surface area (Å²) in [6, 6.07) is 6.57. The van der Waals surface area contributed by atoms with E-state index in [1.165, 1.54) is 29.3 Å². The Hall–Kier alpha value is -3.29. The van der Waals surface area contributed by atoms with Crippen LogP contribution in [-0.4, -0.2) is 44.6 Å². The van der Waals surface area contributed by atoms with Crippen LogP contribution in [0.3, 0.4) is 0 Å². The average Bonchev–Trinajstić information content (AvgIpc) is 3.01. The zero-order valence-electron chi connectivity index (χ0n) is 14.0. The van der Waals surface area contributed by atoms with E-state index in [0.717, 1.165) is 5.52 Å². The van der Waals surface area contributed by atoms with Crippen LogP contribution in [0.2, 0.25) is 0 Å². The lowest BCUT2D eigenvalue weighted by Crippen LogP contribution is -2.52. The minimum atomic E-state index is -0.880. The average molecular weight is 353 g/mol. The van der Waals surface area contributed by atoms with E-state index in [1.54, 1.807) is 30.1 Å². The molecule has 2 aromatic heterocycles. The van der Waals surface area contributed by atoms with Crippen molar-refractivity contribution in [3.63, 3.8) is 0 Å². The van der Waals surface area contributed by atoms with Crippen LogP contribution < -0.4 is 5.32 Å². The predicted octanol–water partition coefficient (Wildman–Crippen LogP) is 1.42. The summed E-state index contributed by atoms with van der Waals surface area (Å²) in [7, 11) is 1.77. The van der Waals surface area contributed by atoms with Crippen molar-refractivity contribution in [1.82, 2.24) is 25.0 Å². The molecule has 8 heteroatoms. The van der Waals surface area contributed by atoms with E-state index < -0.39 is 11.9 Å². The van der Waals surface area contributed by atoms with Gasteiger partial charge in [0.2, 0.25) is 5.91 Å². The van der Waals surface area contributed by atoms with Crippen molar-refractivity contribution in [1.29, 1.82) is 0 Å². The first kappa shape index (κ1) is 16.2. The molecule has 0 spiro atoms. The molecule has 1 aromatic carbocycles. The standard InChI is InChI=1S/C18H16FN5O2/c1-23-15-8-12(9-21-14(15)10-22-23)18(26)24-6-5-20-17(25)16(24)11-3-2-4-13(19)7-11/h2-4,7-10,16H,5-6H2,1H3,(H,20,25). The first-order chi connectivity index (χ1) is 12.5. The van der Waals surface area contributed by atoms with Gasteiger partial charge in [0.05, 0.1) is 17.3 Å². The lowest BCUT2D eigenvalue weighted by atomic mass is 10.0. The van der Waals surface area contributed by atoms with Crippen LogP contribution in [0.5, 0.6) is 0 Å². The zero-order valence-corrected chi connectivity index (χ0v) is 14.0. The van der Waals surface area contributed by atoms with Crippen molar-refractivity contribution >= 4 is 22.8 Å². The fraction of sp³-hybridized carbons (Fsp3) is 0.222. The number of pyridine rings is 1. The van der Waals surface area contributed by atoms with Crippen LogP contribution in [0.25, 0.3) is 11.0 Å². The summed E-state index contributed by atoms with van der Waals surface area (Å²) in [6.45, 7) is 0.674. The van der Waals surface area contributed by atoms with Gasteiger partial charge in [-0.15, -0.1) is 0 Å². The quantitative estimate of drug-likeness (QED) is 0.756. The molecule has 0 bridgehead atoms. The van der Waals surface area contributed by atoms with Crippen molar-refractivity contribution in [3.05, 3.63) is 59.7 Å². The molecule has 1 aliphatic rings. The van der Waals surface area contributed by atoms with Gasteiger partial charge in [-0.2, -0.15) is 5.10 Å². The van der Waals surface area contributed by atoms with Gasteiger partial charge < -0.3 is 10.2 Å². The Morgan fingerprint density at radius 2 is 2.15 bits per heavy atom. The second-order valence-corrected chi connectivity index (χ2v) is 6.14. The topological polar surface area (TPSA) is 80.1 Å². The molecule has 0 saturated carbocycles. The van der Waals surface area contributed by atoms with E-state index in [1.807, 2.05) is 0 Å². The molecule has 0 aliphatic carbocycles. The van der Waals surface area contributed by atoms with Gasteiger partial charge in [0.25, 0.3) is 5.91 Å². The monoisotopic (exact) mass is 353 g/mol. The number of amides is 2. The van der Waals surface area contributed by atoms with Crippen molar-refractivity contribution in [2.75, 3.05) is 13.1 Å². The van der Waals surface area contributed by atoms with Gasteiger partial charge in [0, 0.05) is 26.3 Å². The minimum absolute atomic E-state index is 0.329. The number of benzene rings is 1. The van der Waals surface area contributed by atoms with Gasteiger partial charge in [-0.25, -0.2) is 4.39 Å². The highest BCUT2D eigenvalue weighted by Gasteiger charge is 2.35. The number of nitrogens with one attached hydrogen (secondary N) is 1. The Morgan fingerprint density at radius 1 is 1.31 bits per heavy atom. The van der Waals surface area contributed by atoms with Crippen LogP contribution in [0, 0.1) is 5.82 Å². The smallest absolute Gasteiger partial charge is 0.256 e. The number of fused-ring (bicyclic) bond motifs is 1. The molecule has 3 aromatic rings. The molecule has 132 valence electrons. The van der Waals surface area contributed by atoms with Gasteiger partial charge in [-0.3, -0.25) is 19.3 Å². The molecule has 2 amide bonds. The Morgan fingerprint density at radius 3 is 2.96 bits per heavy atom. The maximum absolute atomic E-state index is 13.6. The fourth-order valence-electron chi connectivity index (χ4n) is 3.20. The first-order valence-corrected chi connectivity index (χ1v) is 8.16. The SMILES string of the molecule is Cn1ncc2ncc(C(=O)N3CCNC(=O)C3c3cccc(F)c3)cc21. The van der Waals surface area contributed by atoms with E-state index in [4.69, 9.17) is 0 Å². The molecular weight excluding hydrogens is 337 g/mol. The number of aromatic nitrogens is 3. The third kappa shape index (κ3) is 2.69. The van der Waals surface area contributed by atoms with Crippen LogP contribution >= 0.6 is 0 Å². The number of hydrogen-bond donors (Lipinski definition) is 1. The van der Waals surface area contributed by atoms with Gasteiger partial charge in [-0.1, -0.05) is 12.1 Å². The number of aryl methyl sites for hydroxylation is 1. The summed E-state index contributed by atoms with van der Waals surface area (Å²) in [5, 5.41) is 6.85. The predicted molar refractivity (Wildman–Crippen MR) is 91.7 cm³/mol. The minimum Gasteiger partial charge on any atom is -0.352 e. The Bertz CT molecular complexity index is 1020. The summed E-state index contributed by atoms with van der Waals surface area (Å²) in [6.07, 6.45) is 3.09. The molecule has 1 aliphatic heterocycles. The molecule has 4 rings (SSSR count). The Labute approximate surface area is 148 Å². The van der Waals surface area contributed by atoms with E-state index >= 15 is 0 Å². The van der Waals surface area contributed by atoms with Crippen molar-refractivity contribution < 1.29 is 14.0 Å². The van der Waals surface area contributed by atoms with Crippen LogP contribution in [-0.2, 0) is 11.8 Å². The fourth-order valence-corrected chi connectivity index (χ4v) is 3.20. The normalized spacial score (nSPS) is 17.4. The van der Waals surface area contributed by atoms with Crippen LogP contribution in [0.15, 0.2) is 42.7 Å². The van der Waals surface area contributed by atoms with E-state index in [0.29, 0.717) is 29.7 Å². The van der Waals surface area contributed by atoms with Crippen LogP contribution in [0.4, 0.5) is 4.39 Å². The van der Waals surface area contributed by atoms with Crippen molar-refractivity contribution in [2.45, 2.75) is 6.04 Å². The van der Waals surface area contributed by atoms with Crippen molar-refractivity contribution in [3.8, 4) is 0 Å². The summed E-state index contributed by atoms with van der Waals surface area (Å²) in [5.41, 5.74) is 2.20.